The maximum absolute atomic E-state index is 5.94. The second-order valence-corrected chi connectivity index (χ2v) is 5.03. The van der Waals surface area contributed by atoms with E-state index in [9.17, 15) is 0 Å². The van der Waals surface area contributed by atoms with Crippen molar-refractivity contribution >= 4 is 17.9 Å². The molecule has 0 saturated carbocycles. The Bertz CT molecular complexity index is 532. The lowest BCUT2D eigenvalue weighted by Crippen LogP contribution is -2.10. The Kier molecular flexibility index (Phi) is 4.58. The lowest BCUT2D eigenvalue weighted by Gasteiger charge is -2.15. The van der Waals surface area contributed by atoms with Crippen LogP contribution in [0.1, 0.15) is 17.2 Å². The first-order valence-electron chi connectivity index (χ1n) is 6.17. The molecule has 0 bridgehead atoms. The average Bonchev–Trinajstić information content (AvgIpc) is 2.42. The third-order valence-corrected chi connectivity index (χ3v) is 3.00. The van der Waals surface area contributed by atoms with Gasteiger partial charge in [0.15, 0.2) is 0 Å². The van der Waals surface area contributed by atoms with Gasteiger partial charge in [-0.05, 0) is 23.3 Å². The van der Waals surface area contributed by atoms with E-state index in [0.29, 0.717) is 0 Å². The zero-order chi connectivity index (χ0) is 13.7. The molecular formula is C16H17ClN2. The van der Waals surface area contributed by atoms with E-state index in [2.05, 4.69) is 17.1 Å². The first kappa shape index (κ1) is 13.6. The molecule has 0 radical (unpaired) electrons. The summed E-state index contributed by atoms with van der Waals surface area (Å²) in [6.07, 6.45) is 1.84. The molecule has 0 spiro atoms. The molecule has 1 atom stereocenters. The van der Waals surface area contributed by atoms with E-state index in [1.807, 2.05) is 67.8 Å². The molecule has 3 heteroatoms. The number of benzene rings is 2. The van der Waals surface area contributed by atoms with Gasteiger partial charge in [0.25, 0.3) is 0 Å². The average molecular weight is 273 g/mol. The van der Waals surface area contributed by atoms with E-state index in [1.165, 1.54) is 5.56 Å². The smallest absolute Gasteiger partial charge is 0.102 e. The molecule has 0 aliphatic carbocycles. The summed E-state index contributed by atoms with van der Waals surface area (Å²) in [6, 6.07) is 18.1. The summed E-state index contributed by atoms with van der Waals surface area (Å²) >= 11 is 5.94. The molecule has 0 fully saturated rings. The summed E-state index contributed by atoms with van der Waals surface area (Å²) in [5.41, 5.74) is 2.30. The van der Waals surface area contributed by atoms with Crippen LogP contribution in [0.25, 0.3) is 0 Å². The first-order valence-corrected chi connectivity index (χ1v) is 6.55. The zero-order valence-electron chi connectivity index (χ0n) is 11.1. The van der Waals surface area contributed by atoms with Gasteiger partial charge in [-0.25, -0.2) is 0 Å². The Balaban J connectivity index is 2.37. The van der Waals surface area contributed by atoms with Crippen LogP contribution in [0.15, 0.2) is 59.6 Å². The maximum Gasteiger partial charge on any atom is 0.102 e. The highest BCUT2D eigenvalue weighted by molar-refractivity contribution is 6.30. The third kappa shape index (κ3) is 3.83. The summed E-state index contributed by atoms with van der Waals surface area (Å²) in [4.78, 5) is 6.59. The van der Waals surface area contributed by atoms with Crippen LogP contribution in [0, 0.1) is 0 Å². The molecular weight excluding hydrogens is 256 g/mol. The molecule has 19 heavy (non-hydrogen) atoms. The molecule has 2 rings (SSSR count). The van der Waals surface area contributed by atoms with Gasteiger partial charge in [-0.15, -0.1) is 0 Å². The fraction of sp³-hybridized carbons (Fsp3) is 0.188. The molecule has 1 unspecified atom stereocenters. The van der Waals surface area contributed by atoms with Gasteiger partial charge in [0, 0.05) is 19.1 Å². The van der Waals surface area contributed by atoms with Crippen molar-refractivity contribution in [3.63, 3.8) is 0 Å². The van der Waals surface area contributed by atoms with Crippen molar-refractivity contribution in [1.29, 1.82) is 0 Å². The van der Waals surface area contributed by atoms with Gasteiger partial charge >= 0.3 is 0 Å². The van der Waals surface area contributed by atoms with Crippen molar-refractivity contribution < 1.29 is 0 Å². The molecule has 2 aromatic carbocycles. The second kappa shape index (κ2) is 6.39. The Labute approximate surface area is 119 Å². The predicted molar refractivity (Wildman–Crippen MR) is 81.9 cm³/mol. The monoisotopic (exact) mass is 272 g/mol. The minimum absolute atomic E-state index is 0.000802. The van der Waals surface area contributed by atoms with Crippen LogP contribution in [-0.4, -0.2) is 25.3 Å². The Morgan fingerprint density at radius 1 is 0.947 bits per heavy atom. The van der Waals surface area contributed by atoms with Crippen LogP contribution in [0.3, 0.4) is 0 Å². The number of halogens is 1. The fourth-order valence-corrected chi connectivity index (χ4v) is 1.97. The van der Waals surface area contributed by atoms with Gasteiger partial charge in [-0.2, -0.15) is 0 Å². The topological polar surface area (TPSA) is 15.6 Å². The normalized spacial score (nSPS) is 12.6. The molecule has 0 N–H and O–H groups in total. The minimum Gasteiger partial charge on any atom is -0.369 e. The van der Waals surface area contributed by atoms with E-state index in [-0.39, 0.29) is 6.04 Å². The lowest BCUT2D eigenvalue weighted by molar-refractivity contribution is 0.633. The van der Waals surface area contributed by atoms with Crippen molar-refractivity contribution in [3.8, 4) is 0 Å². The predicted octanol–water partition coefficient (Wildman–Crippen LogP) is 4.02. The van der Waals surface area contributed by atoms with Crippen molar-refractivity contribution in [2.45, 2.75) is 6.04 Å². The quantitative estimate of drug-likeness (QED) is 0.606. The second-order valence-electron chi connectivity index (χ2n) is 4.59. The van der Waals surface area contributed by atoms with Gasteiger partial charge < -0.3 is 4.90 Å². The molecule has 0 aliphatic rings. The summed E-state index contributed by atoms with van der Waals surface area (Å²) in [7, 11) is 3.93. The molecule has 98 valence electrons. The van der Waals surface area contributed by atoms with Gasteiger partial charge in [-0.3, -0.25) is 4.99 Å². The van der Waals surface area contributed by atoms with E-state index in [1.54, 1.807) is 0 Å². The SMILES string of the molecule is CN(C)C=NC(c1ccccc1)c1ccc(Cl)cc1. The van der Waals surface area contributed by atoms with E-state index < -0.39 is 0 Å². The van der Waals surface area contributed by atoms with Crippen LogP contribution < -0.4 is 0 Å². The Morgan fingerprint density at radius 3 is 2.11 bits per heavy atom. The zero-order valence-corrected chi connectivity index (χ0v) is 11.9. The highest BCUT2D eigenvalue weighted by Gasteiger charge is 2.11. The highest BCUT2D eigenvalue weighted by Crippen LogP contribution is 2.26. The highest BCUT2D eigenvalue weighted by atomic mass is 35.5. The summed E-state index contributed by atoms with van der Waals surface area (Å²) < 4.78 is 0. The Morgan fingerprint density at radius 2 is 1.53 bits per heavy atom. The Hall–Kier alpha value is -1.80. The largest absolute Gasteiger partial charge is 0.369 e. The lowest BCUT2D eigenvalue weighted by atomic mass is 9.99. The van der Waals surface area contributed by atoms with Gasteiger partial charge in [0.1, 0.15) is 6.04 Å². The van der Waals surface area contributed by atoms with E-state index >= 15 is 0 Å². The number of rotatable bonds is 4. The van der Waals surface area contributed by atoms with Gasteiger partial charge in [-0.1, -0.05) is 54.1 Å². The van der Waals surface area contributed by atoms with Crippen molar-refractivity contribution in [3.05, 3.63) is 70.7 Å². The van der Waals surface area contributed by atoms with Crippen LogP contribution in [0.2, 0.25) is 5.02 Å². The number of hydrogen-bond acceptors (Lipinski definition) is 1. The molecule has 0 aliphatic heterocycles. The van der Waals surface area contributed by atoms with Crippen molar-refractivity contribution in [2.75, 3.05) is 14.1 Å². The van der Waals surface area contributed by atoms with E-state index in [4.69, 9.17) is 11.6 Å². The van der Waals surface area contributed by atoms with Crippen LogP contribution in [-0.2, 0) is 0 Å². The number of aliphatic imine (C=N–C) groups is 1. The van der Waals surface area contributed by atoms with E-state index in [0.717, 1.165) is 10.6 Å². The van der Waals surface area contributed by atoms with Gasteiger partial charge in [0.2, 0.25) is 0 Å². The molecule has 2 aromatic rings. The summed E-state index contributed by atoms with van der Waals surface area (Å²) in [5, 5.41) is 0.743. The fourth-order valence-electron chi connectivity index (χ4n) is 1.84. The molecule has 0 saturated heterocycles. The van der Waals surface area contributed by atoms with Crippen LogP contribution in [0.4, 0.5) is 0 Å². The van der Waals surface area contributed by atoms with Crippen LogP contribution >= 0.6 is 11.6 Å². The molecule has 0 aromatic heterocycles. The summed E-state index contributed by atoms with van der Waals surface area (Å²) in [5.74, 6) is 0. The maximum atomic E-state index is 5.94. The van der Waals surface area contributed by atoms with Crippen molar-refractivity contribution in [2.24, 2.45) is 4.99 Å². The first-order chi connectivity index (χ1) is 9.16. The van der Waals surface area contributed by atoms with Gasteiger partial charge in [0.05, 0.1) is 6.34 Å². The number of nitrogens with zero attached hydrogens (tertiary/aromatic N) is 2. The molecule has 0 amide bonds. The summed E-state index contributed by atoms with van der Waals surface area (Å²) in [6.45, 7) is 0. The standard InChI is InChI=1S/C16H17ClN2/c1-19(2)12-18-16(13-6-4-3-5-7-13)14-8-10-15(17)11-9-14/h3-12,16H,1-2H3. The molecule has 0 heterocycles. The third-order valence-electron chi connectivity index (χ3n) is 2.75. The van der Waals surface area contributed by atoms with Crippen molar-refractivity contribution in [1.82, 2.24) is 4.90 Å². The van der Waals surface area contributed by atoms with Crippen LogP contribution in [0.5, 0.6) is 0 Å². The number of hydrogen-bond donors (Lipinski definition) is 0. The minimum atomic E-state index is 0.000802. The molecule has 2 nitrogen and oxygen atoms in total.